The summed E-state index contributed by atoms with van der Waals surface area (Å²) < 4.78 is 26.3. The van der Waals surface area contributed by atoms with Crippen molar-refractivity contribution in [1.29, 1.82) is 0 Å². The molecule has 2 rings (SSSR count). The lowest BCUT2D eigenvalue weighted by molar-refractivity contribution is 0.101. The lowest BCUT2D eigenvalue weighted by atomic mass is 10.3. The molecule has 0 unspecified atom stereocenters. The molecule has 1 aromatic heterocycles. The van der Waals surface area contributed by atoms with E-state index >= 15 is 0 Å². The monoisotopic (exact) mass is 266 g/mol. The van der Waals surface area contributed by atoms with Crippen molar-refractivity contribution in [1.82, 2.24) is 15.2 Å². The van der Waals surface area contributed by atoms with Crippen LogP contribution < -0.4 is 5.32 Å². The van der Waals surface area contributed by atoms with Crippen LogP contribution in [0.25, 0.3) is 0 Å². The van der Waals surface area contributed by atoms with E-state index in [1.165, 1.54) is 0 Å². The molecule has 0 atom stereocenters. The maximum Gasteiger partial charge on any atom is 0.295 e. The Kier molecular flexibility index (Phi) is 3.84. The minimum Gasteiger partial charge on any atom is -0.317 e. The molecule has 0 aliphatic rings. The van der Waals surface area contributed by atoms with Crippen molar-refractivity contribution >= 4 is 11.6 Å². The Balaban J connectivity index is 2.13. The number of aromatic nitrogens is 3. The Morgan fingerprint density at radius 2 is 2.21 bits per heavy atom. The number of amides is 1. The van der Waals surface area contributed by atoms with Gasteiger partial charge in [0.25, 0.3) is 5.91 Å². The zero-order chi connectivity index (χ0) is 13.8. The number of carbonyl (C=O) groups is 1. The van der Waals surface area contributed by atoms with Crippen LogP contribution in [0.5, 0.6) is 0 Å². The topological polar surface area (TPSA) is 70.7 Å². The first kappa shape index (κ1) is 13.1. The standard InChI is InChI=1S/C12H12F2N4O/c1-2-3-10-16-11(18-17-10)12(19)15-9-6-7(13)4-5-8(9)14/h4-6H,2-3H2,1H3,(H,15,19)(H,16,17,18). The summed E-state index contributed by atoms with van der Waals surface area (Å²) in [6.45, 7) is 1.96. The number of anilines is 1. The predicted octanol–water partition coefficient (Wildman–Crippen LogP) is 2.29. The summed E-state index contributed by atoms with van der Waals surface area (Å²) in [5.74, 6) is -1.58. The van der Waals surface area contributed by atoms with Crippen molar-refractivity contribution in [3.05, 3.63) is 41.5 Å². The van der Waals surface area contributed by atoms with Gasteiger partial charge in [-0.3, -0.25) is 9.89 Å². The van der Waals surface area contributed by atoms with Crippen LogP contribution >= 0.6 is 0 Å². The van der Waals surface area contributed by atoms with Crippen molar-refractivity contribution in [3.8, 4) is 0 Å². The summed E-state index contributed by atoms with van der Waals surface area (Å²) >= 11 is 0. The van der Waals surface area contributed by atoms with Gasteiger partial charge in [0, 0.05) is 12.5 Å². The van der Waals surface area contributed by atoms with Crippen LogP contribution in [0, 0.1) is 11.6 Å². The highest BCUT2D eigenvalue weighted by atomic mass is 19.1. The molecule has 2 aromatic rings. The fraction of sp³-hybridized carbons (Fsp3) is 0.250. The number of aromatic amines is 1. The van der Waals surface area contributed by atoms with Gasteiger partial charge >= 0.3 is 0 Å². The smallest absolute Gasteiger partial charge is 0.295 e. The number of hydrogen-bond donors (Lipinski definition) is 2. The molecule has 1 amide bonds. The lowest BCUT2D eigenvalue weighted by Gasteiger charge is -2.03. The van der Waals surface area contributed by atoms with Crippen LogP contribution in [-0.4, -0.2) is 21.1 Å². The third-order valence-electron chi connectivity index (χ3n) is 2.40. The van der Waals surface area contributed by atoms with Gasteiger partial charge < -0.3 is 5.32 Å². The third-order valence-corrected chi connectivity index (χ3v) is 2.40. The fourth-order valence-corrected chi connectivity index (χ4v) is 1.52. The molecule has 0 aliphatic carbocycles. The molecular weight excluding hydrogens is 254 g/mol. The molecule has 1 aromatic carbocycles. The Hall–Kier alpha value is -2.31. The van der Waals surface area contributed by atoms with Gasteiger partial charge in [0.15, 0.2) is 0 Å². The normalized spacial score (nSPS) is 10.5. The van der Waals surface area contributed by atoms with Crippen molar-refractivity contribution < 1.29 is 13.6 Å². The molecule has 0 radical (unpaired) electrons. The van der Waals surface area contributed by atoms with Crippen LogP contribution in [0.3, 0.4) is 0 Å². The first-order valence-electron chi connectivity index (χ1n) is 5.78. The molecular formula is C12H12F2N4O. The molecule has 0 aliphatic heterocycles. The summed E-state index contributed by atoms with van der Waals surface area (Å²) in [5, 5.41) is 8.55. The van der Waals surface area contributed by atoms with Gasteiger partial charge in [-0.15, -0.1) is 5.10 Å². The van der Waals surface area contributed by atoms with E-state index in [4.69, 9.17) is 0 Å². The number of carbonyl (C=O) groups excluding carboxylic acids is 1. The van der Waals surface area contributed by atoms with Crippen LogP contribution in [0.4, 0.5) is 14.5 Å². The predicted molar refractivity (Wildman–Crippen MR) is 64.7 cm³/mol. The lowest BCUT2D eigenvalue weighted by Crippen LogP contribution is -2.15. The molecule has 5 nitrogen and oxygen atoms in total. The first-order valence-corrected chi connectivity index (χ1v) is 5.78. The summed E-state index contributed by atoms with van der Waals surface area (Å²) in [5.41, 5.74) is -0.244. The first-order chi connectivity index (χ1) is 9.10. The zero-order valence-corrected chi connectivity index (χ0v) is 10.2. The number of nitrogens with zero attached hydrogens (tertiary/aromatic N) is 2. The summed E-state index contributed by atoms with van der Waals surface area (Å²) in [4.78, 5) is 15.7. The number of H-pyrrole nitrogens is 1. The Labute approximate surface area is 108 Å². The molecule has 0 bridgehead atoms. The zero-order valence-electron chi connectivity index (χ0n) is 10.2. The van der Waals surface area contributed by atoms with Crippen LogP contribution in [0.2, 0.25) is 0 Å². The Morgan fingerprint density at radius 3 is 2.95 bits per heavy atom. The highest BCUT2D eigenvalue weighted by Gasteiger charge is 2.14. The van der Waals surface area contributed by atoms with Crippen LogP contribution in [-0.2, 0) is 6.42 Å². The molecule has 100 valence electrons. The molecule has 0 saturated heterocycles. The molecule has 19 heavy (non-hydrogen) atoms. The molecule has 7 heteroatoms. The van der Waals surface area contributed by atoms with Crippen molar-refractivity contribution in [2.45, 2.75) is 19.8 Å². The van der Waals surface area contributed by atoms with Gasteiger partial charge in [0.2, 0.25) is 5.82 Å². The maximum atomic E-state index is 13.3. The van der Waals surface area contributed by atoms with Gasteiger partial charge in [-0.05, 0) is 18.6 Å². The van der Waals surface area contributed by atoms with E-state index in [-0.39, 0.29) is 11.5 Å². The number of rotatable bonds is 4. The van der Waals surface area contributed by atoms with Gasteiger partial charge in [-0.25, -0.2) is 13.8 Å². The largest absolute Gasteiger partial charge is 0.317 e. The van der Waals surface area contributed by atoms with Gasteiger partial charge in [0.1, 0.15) is 17.5 Å². The summed E-state index contributed by atoms with van der Waals surface area (Å²) in [6, 6.07) is 2.80. The van der Waals surface area contributed by atoms with Crippen molar-refractivity contribution in [2.24, 2.45) is 0 Å². The molecule has 1 heterocycles. The number of benzene rings is 1. The van der Waals surface area contributed by atoms with E-state index in [0.717, 1.165) is 24.6 Å². The third kappa shape index (κ3) is 3.12. The second-order valence-corrected chi connectivity index (χ2v) is 3.93. The van der Waals surface area contributed by atoms with E-state index < -0.39 is 17.5 Å². The Bertz CT molecular complexity index is 597. The van der Waals surface area contributed by atoms with E-state index in [9.17, 15) is 13.6 Å². The van der Waals surface area contributed by atoms with Crippen LogP contribution in [0.1, 0.15) is 29.8 Å². The number of aryl methyl sites for hydroxylation is 1. The number of halogens is 2. The second-order valence-electron chi connectivity index (χ2n) is 3.93. The minimum absolute atomic E-state index is 0.105. The van der Waals surface area contributed by atoms with Gasteiger partial charge in [0.05, 0.1) is 5.69 Å². The second kappa shape index (κ2) is 5.55. The Morgan fingerprint density at radius 1 is 1.42 bits per heavy atom. The average Bonchev–Trinajstić information content (AvgIpc) is 2.83. The SMILES string of the molecule is CCCc1nc(C(=O)Nc2cc(F)ccc2F)n[nH]1. The summed E-state index contributed by atoms with van der Waals surface area (Å²) in [6.07, 6.45) is 1.52. The quantitative estimate of drug-likeness (QED) is 0.891. The number of hydrogen-bond acceptors (Lipinski definition) is 3. The van der Waals surface area contributed by atoms with E-state index in [1.54, 1.807) is 0 Å². The van der Waals surface area contributed by atoms with Gasteiger partial charge in [-0.1, -0.05) is 6.92 Å². The summed E-state index contributed by atoms with van der Waals surface area (Å²) in [7, 11) is 0. The highest BCUT2D eigenvalue weighted by Crippen LogP contribution is 2.15. The van der Waals surface area contributed by atoms with E-state index in [0.29, 0.717) is 12.2 Å². The maximum absolute atomic E-state index is 13.3. The molecule has 2 N–H and O–H groups in total. The fourth-order valence-electron chi connectivity index (χ4n) is 1.52. The highest BCUT2D eigenvalue weighted by molar-refractivity contribution is 6.01. The van der Waals surface area contributed by atoms with Crippen molar-refractivity contribution in [2.75, 3.05) is 5.32 Å². The average molecular weight is 266 g/mol. The van der Waals surface area contributed by atoms with Crippen LogP contribution in [0.15, 0.2) is 18.2 Å². The molecule has 0 saturated carbocycles. The van der Waals surface area contributed by atoms with E-state index in [1.807, 2.05) is 6.92 Å². The minimum atomic E-state index is -0.723. The molecule has 0 fully saturated rings. The number of nitrogens with one attached hydrogen (secondary N) is 2. The van der Waals surface area contributed by atoms with Crippen molar-refractivity contribution in [3.63, 3.8) is 0 Å². The molecule has 0 spiro atoms. The van der Waals surface area contributed by atoms with Gasteiger partial charge in [-0.2, -0.15) is 0 Å². The van der Waals surface area contributed by atoms with E-state index in [2.05, 4.69) is 20.5 Å².